The summed E-state index contributed by atoms with van der Waals surface area (Å²) in [6, 6.07) is 14.1. The lowest BCUT2D eigenvalue weighted by Gasteiger charge is -2.45. The Bertz CT molecular complexity index is 1090. The first kappa shape index (κ1) is 23.8. The second-order valence-corrected chi connectivity index (χ2v) is 10.2. The van der Waals surface area contributed by atoms with Crippen molar-refractivity contribution >= 4 is 17.5 Å². The summed E-state index contributed by atoms with van der Waals surface area (Å²) < 4.78 is 5.49. The summed E-state index contributed by atoms with van der Waals surface area (Å²) in [5.41, 5.74) is 4.97. The van der Waals surface area contributed by atoms with E-state index in [0.717, 1.165) is 48.2 Å². The molecule has 2 aromatic carbocycles. The largest absolute Gasteiger partial charge is 0.394 e. The number of ether oxygens (including phenoxy) is 1. The van der Waals surface area contributed by atoms with Crippen LogP contribution in [0.4, 0.5) is 5.69 Å². The van der Waals surface area contributed by atoms with Gasteiger partial charge in [0.2, 0.25) is 5.91 Å². The number of aliphatic hydroxyl groups excluding tert-OH is 1. The SMILES string of the molecule is CN(C)C(=O)c1ccc(-c2ccc3c(c2)[C@H]2[C@H](CCN2C(=O)C2CCOCC2)[C@@H](CO)N3C)cc1. The predicted octanol–water partition coefficient (Wildman–Crippen LogP) is 3.18. The zero-order valence-corrected chi connectivity index (χ0v) is 20.8. The molecule has 5 rings (SSSR count). The van der Waals surface area contributed by atoms with E-state index in [1.807, 2.05) is 31.3 Å². The van der Waals surface area contributed by atoms with Gasteiger partial charge in [-0.25, -0.2) is 0 Å². The number of amides is 2. The van der Waals surface area contributed by atoms with Crippen LogP contribution in [0.5, 0.6) is 0 Å². The molecule has 0 aliphatic carbocycles. The van der Waals surface area contributed by atoms with Crippen LogP contribution >= 0.6 is 0 Å². The summed E-state index contributed by atoms with van der Waals surface area (Å²) in [7, 11) is 5.54. The van der Waals surface area contributed by atoms with Crippen LogP contribution < -0.4 is 4.90 Å². The van der Waals surface area contributed by atoms with Crippen molar-refractivity contribution in [3.05, 3.63) is 53.6 Å². The quantitative estimate of drug-likeness (QED) is 0.732. The van der Waals surface area contributed by atoms with Crippen LogP contribution in [0, 0.1) is 11.8 Å². The molecule has 0 radical (unpaired) electrons. The van der Waals surface area contributed by atoms with Crippen molar-refractivity contribution in [2.75, 3.05) is 52.4 Å². The molecular formula is C28H35N3O4. The third kappa shape index (κ3) is 4.21. The van der Waals surface area contributed by atoms with E-state index in [9.17, 15) is 14.7 Å². The van der Waals surface area contributed by atoms with Crippen LogP contribution in [0.15, 0.2) is 42.5 Å². The fourth-order valence-corrected chi connectivity index (χ4v) is 6.12. The summed E-state index contributed by atoms with van der Waals surface area (Å²) in [5, 5.41) is 10.3. The van der Waals surface area contributed by atoms with Gasteiger partial charge in [0.25, 0.3) is 5.91 Å². The van der Waals surface area contributed by atoms with Gasteiger partial charge < -0.3 is 24.5 Å². The summed E-state index contributed by atoms with van der Waals surface area (Å²) in [6.45, 7) is 2.08. The molecular weight excluding hydrogens is 442 g/mol. The van der Waals surface area contributed by atoms with Gasteiger partial charge in [0.1, 0.15) is 0 Å². The third-order valence-electron chi connectivity index (χ3n) is 8.07. The maximum absolute atomic E-state index is 13.6. The first-order valence-electron chi connectivity index (χ1n) is 12.6. The molecule has 1 N–H and O–H groups in total. The van der Waals surface area contributed by atoms with Crippen LogP contribution in [0.3, 0.4) is 0 Å². The molecule has 2 aromatic rings. The topological polar surface area (TPSA) is 73.3 Å². The van der Waals surface area contributed by atoms with E-state index >= 15 is 0 Å². The fourth-order valence-electron chi connectivity index (χ4n) is 6.12. The molecule has 0 spiro atoms. The average Bonchev–Trinajstić information content (AvgIpc) is 3.33. The monoisotopic (exact) mass is 477 g/mol. The highest BCUT2D eigenvalue weighted by Gasteiger charge is 2.48. The number of fused-ring (bicyclic) bond motifs is 3. The average molecular weight is 478 g/mol. The molecule has 0 saturated carbocycles. The number of hydrogen-bond donors (Lipinski definition) is 1. The van der Waals surface area contributed by atoms with Crippen LogP contribution in [-0.4, -0.2) is 80.3 Å². The number of nitrogens with zero attached hydrogens (tertiary/aromatic N) is 3. The zero-order chi connectivity index (χ0) is 24.7. The second-order valence-electron chi connectivity index (χ2n) is 10.2. The molecule has 0 aromatic heterocycles. The molecule has 7 nitrogen and oxygen atoms in total. The van der Waals surface area contributed by atoms with Gasteiger partial charge in [-0.05, 0) is 60.2 Å². The Hall–Kier alpha value is -2.90. The molecule has 0 unspecified atom stereocenters. The Morgan fingerprint density at radius 3 is 2.37 bits per heavy atom. The lowest BCUT2D eigenvalue weighted by molar-refractivity contribution is -0.140. The highest BCUT2D eigenvalue weighted by molar-refractivity contribution is 5.94. The van der Waals surface area contributed by atoms with Crippen molar-refractivity contribution in [3.63, 3.8) is 0 Å². The Kier molecular flexibility index (Phi) is 6.55. The molecule has 3 atom stereocenters. The van der Waals surface area contributed by atoms with Gasteiger partial charge in [-0.15, -0.1) is 0 Å². The molecule has 186 valence electrons. The van der Waals surface area contributed by atoms with E-state index < -0.39 is 0 Å². The van der Waals surface area contributed by atoms with Gasteiger partial charge in [0.15, 0.2) is 0 Å². The maximum atomic E-state index is 13.6. The summed E-state index contributed by atoms with van der Waals surface area (Å²) >= 11 is 0. The number of likely N-dealkylation sites (tertiary alicyclic amines) is 1. The lowest BCUT2D eigenvalue weighted by Crippen LogP contribution is -2.49. The first-order valence-corrected chi connectivity index (χ1v) is 12.6. The van der Waals surface area contributed by atoms with Crippen LogP contribution in [-0.2, 0) is 9.53 Å². The molecule has 2 saturated heterocycles. The minimum absolute atomic E-state index is 0.0119. The molecule has 7 heteroatoms. The molecule has 35 heavy (non-hydrogen) atoms. The van der Waals surface area contributed by atoms with Crippen molar-refractivity contribution in [3.8, 4) is 11.1 Å². The molecule has 3 aliphatic heterocycles. The van der Waals surface area contributed by atoms with Crippen LogP contribution in [0.2, 0.25) is 0 Å². The number of anilines is 1. The van der Waals surface area contributed by atoms with Crippen LogP contribution in [0.25, 0.3) is 11.1 Å². The number of carbonyl (C=O) groups excluding carboxylic acids is 2. The Morgan fingerprint density at radius 1 is 1.03 bits per heavy atom. The number of likely N-dealkylation sites (N-methyl/N-ethyl adjacent to an activating group) is 1. The van der Waals surface area contributed by atoms with E-state index in [-0.39, 0.29) is 42.3 Å². The van der Waals surface area contributed by atoms with Gasteiger partial charge in [-0.1, -0.05) is 18.2 Å². The highest BCUT2D eigenvalue weighted by atomic mass is 16.5. The molecule has 2 amide bonds. The molecule has 3 heterocycles. The van der Waals surface area contributed by atoms with Crippen molar-refractivity contribution in [1.29, 1.82) is 0 Å². The van der Waals surface area contributed by atoms with Gasteiger partial charge in [0.05, 0.1) is 18.7 Å². The highest BCUT2D eigenvalue weighted by Crippen LogP contribution is 2.50. The van der Waals surface area contributed by atoms with Crippen LogP contribution in [0.1, 0.15) is 41.2 Å². The van der Waals surface area contributed by atoms with Crippen molar-refractivity contribution < 1.29 is 19.4 Å². The Balaban J connectivity index is 1.51. The lowest BCUT2D eigenvalue weighted by atomic mass is 9.80. The van der Waals surface area contributed by atoms with Gasteiger partial charge in [-0.2, -0.15) is 0 Å². The predicted molar refractivity (Wildman–Crippen MR) is 135 cm³/mol. The number of benzene rings is 2. The second kappa shape index (κ2) is 9.63. The zero-order valence-electron chi connectivity index (χ0n) is 20.8. The third-order valence-corrected chi connectivity index (χ3v) is 8.07. The van der Waals surface area contributed by atoms with E-state index in [2.05, 4.69) is 28.0 Å². The van der Waals surface area contributed by atoms with E-state index in [4.69, 9.17) is 4.74 Å². The molecule has 2 fully saturated rings. The molecule has 3 aliphatic rings. The number of aliphatic hydroxyl groups is 1. The van der Waals surface area contributed by atoms with Gasteiger partial charge in [0, 0.05) is 64.0 Å². The van der Waals surface area contributed by atoms with E-state index in [1.165, 1.54) is 0 Å². The van der Waals surface area contributed by atoms with Gasteiger partial charge >= 0.3 is 0 Å². The minimum Gasteiger partial charge on any atom is -0.394 e. The minimum atomic E-state index is -0.0387. The number of carbonyl (C=O) groups is 2. The summed E-state index contributed by atoms with van der Waals surface area (Å²) in [6.07, 6.45) is 2.45. The maximum Gasteiger partial charge on any atom is 0.253 e. The smallest absolute Gasteiger partial charge is 0.253 e. The Morgan fingerprint density at radius 2 is 1.71 bits per heavy atom. The fraction of sp³-hybridized carbons (Fsp3) is 0.500. The number of hydrogen-bond acceptors (Lipinski definition) is 5. The normalized spacial score (nSPS) is 24.2. The summed E-state index contributed by atoms with van der Waals surface area (Å²) in [4.78, 5) is 31.7. The first-order chi connectivity index (χ1) is 16.9. The Labute approximate surface area is 207 Å². The van der Waals surface area contributed by atoms with Crippen molar-refractivity contribution in [2.24, 2.45) is 11.8 Å². The van der Waals surface area contributed by atoms with Gasteiger partial charge in [-0.3, -0.25) is 9.59 Å². The van der Waals surface area contributed by atoms with E-state index in [0.29, 0.717) is 18.8 Å². The summed E-state index contributed by atoms with van der Waals surface area (Å²) in [5.74, 6) is 0.416. The number of rotatable bonds is 4. The standard InChI is InChI=1S/C28H35N3O4/c1-29(2)27(33)19-6-4-18(5-7-19)21-8-9-24-23(16-21)26-22(25(17-32)30(24)3)10-13-31(26)28(34)20-11-14-35-15-12-20/h4-9,16,20,22,25-26,32H,10-15,17H2,1-3H3/t22-,25-,26-/m1/s1. The molecule has 0 bridgehead atoms. The van der Waals surface area contributed by atoms with E-state index in [1.54, 1.807) is 19.0 Å². The van der Waals surface area contributed by atoms with Crippen molar-refractivity contribution in [2.45, 2.75) is 31.3 Å². The van der Waals surface area contributed by atoms with Crippen molar-refractivity contribution in [1.82, 2.24) is 9.80 Å².